The molecule has 1 aliphatic heterocycles. The summed E-state index contributed by atoms with van der Waals surface area (Å²) in [7, 11) is 1.75. The maximum absolute atomic E-state index is 5.41. The van der Waals surface area contributed by atoms with Crippen molar-refractivity contribution in [2.75, 3.05) is 20.2 Å². The van der Waals surface area contributed by atoms with Gasteiger partial charge < -0.3 is 10.1 Å². The minimum absolute atomic E-state index is 0.580. The molecule has 1 heterocycles. The highest BCUT2D eigenvalue weighted by molar-refractivity contribution is 5.36. The summed E-state index contributed by atoms with van der Waals surface area (Å²) in [4.78, 5) is 0. The second-order valence-electron chi connectivity index (χ2n) is 4.28. The van der Waals surface area contributed by atoms with Crippen molar-refractivity contribution in [3.8, 4) is 5.75 Å². The van der Waals surface area contributed by atoms with Crippen LogP contribution < -0.4 is 10.1 Å². The van der Waals surface area contributed by atoms with E-state index in [0.29, 0.717) is 5.92 Å². The lowest BCUT2D eigenvalue weighted by Crippen LogP contribution is -2.14. The second-order valence-corrected chi connectivity index (χ2v) is 4.28. The third-order valence-electron chi connectivity index (χ3n) is 3.44. The van der Waals surface area contributed by atoms with E-state index < -0.39 is 0 Å². The van der Waals surface area contributed by atoms with Gasteiger partial charge in [-0.25, -0.2) is 0 Å². The van der Waals surface area contributed by atoms with Crippen LogP contribution in [0.25, 0.3) is 0 Å². The van der Waals surface area contributed by atoms with Crippen molar-refractivity contribution in [2.45, 2.75) is 19.3 Å². The Morgan fingerprint density at radius 2 is 2.20 bits per heavy atom. The van der Waals surface area contributed by atoms with Crippen LogP contribution >= 0.6 is 0 Å². The van der Waals surface area contributed by atoms with Crippen molar-refractivity contribution in [1.82, 2.24) is 5.32 Å². The summed E-state index contributed by atoms with van der Waals surface area (Å²) in [5, 5.41) is 3.42. The Bertz CT molecular complexity index is 318. The summed E-state index contributed by atoms with van der Waals surface area (Å²) < 4.78 is 5.41. The van der Waals surface area contributed by atoms with E-state index in [4.69, 9.17) is 4.74 Å². The number of ether oxygens (including phenoxy) is 1. The Balaban J connectivity index is 2.19. The number of nitrogens with one attached hydrogen (secondary N) is 1. The molecule has 0 radical (unpaired) electrons. The summed E-state index contributed by atoms with van der Waals surface area (Å²) in [5.74, 6) is 2.36. The average Bonchev–Trinajstić information content (AvgIpc) is 2.81. The Morgan fingerprint density at radius 1 is 1.40 bits per heavy atom. The molecule has 0 aliphatic carbocycles. The van der Waals surface area contributed by atoms with E-state index in [1.165, 1.54) is 12.0 Å². The van der Waals surface area contributed by atoms with Crippen molar-refractivity contribution in [2.24, 2.45) is 5.92 Å². The van der Waals surface area contributed by atoms with Crippen molar-refractivity contribution in [3.63, 3.8) is 0 Å². The predicted molar refractivity (Wildman–Crippen MR) is 62.4 cm³/mol. The maximum Gasteiger partial charge on any atom is 0.122 e. The van der Waals surface area contributed by atoms with Gasteiger partial charge >= 0.3 is 0 Å². The first-order valence-corrected chi connectivity index (χ1v) is 5.66. The molecule has 0 amide bonds. The summed E-state index contributed by atoms with van der Waals surface area (Å²) in [6, 6.07) is 8.36. The van der Waals surface area contributed by atoms with Crippen LogP contribution in [-0.4, -0.2) is 20.2 Å². The lowest BCUT2D eigenvalue weighted by molar-refractivity contribution is 0.394. The van der Waals surface area contributed by atoms with Crippen LogP contribution in [0, 0.1) is 5.92 Å². The van der Waals surface area contributed by atoms with Gasteiger partial charge in [0, 0.05) is 0 Å². The average molecular weight is 205 g/mol. The van der Waals surface area contributed by atoms with E-state index in [-0.39, 0.29) is 0 Å². The van der Waals surface area contributed by atoms with E-state index in [1.807, 2.05) is 12.1 Å². The molecule has 2 nitrogen and oxygen atoms in total. The lowest BCUT2D eigenvalue weighted by Gasteiger charge is -2.20. The molecule has 1 aromatic rings. The SMILES string of the molecule is COc1ccccc1C(C)C1CCNC1. The molecule has 0 bridgehead atoms. The Morgan fingerprint density at radius 3 is 2.87 bits per heavy atom. The second kappa shape index (κ2) is 4.67. The van der Waals surface area contributed by atoms with E-state index in [1.54, 1.807) is 7.11 Å². The molecule has 1 fully saturated rings. The third-order valence-corrected chi connectivity index (χ3v) is 3.44. The Labute approximate surface area is 91.6 Å². The van der Waals surface area contributed by atoms with E-state index in [9.17, 15) is 0 Å². The zero-order chi connectivity index (χ0) is 10.7. The van der Waals surface area contributed by atoms with Gasteiger partial charge in [-0.3, -0.25) is 0 Å². The van der Waals surface area contributed by atoms with Crippen LogP contribution in [0.4, 0.5) is 0 Å². The minimum Gasteiger partial charge on any atom is -0.496 e. The summed E-state index contributed by atoms with van der Waals surface area (Å²) in [6.07, 6.45) is 1.28. The number of hydrogen-bond acceptors (Lipinski definition) is 2. The van der Waals surface area contributed by atoms with Gasteiger partial charge in [-0.1, -0.05) is 25.1 Å². The fourth-order valence-electron chi connectivity index (χ4n) is 2.40. The maximum atomic E-state index is 5.41. The van der Waals surface area contributed by atoms with Gasteiger partial charge in [0.2, 0.25) is 0 Å². The number of benzene rings is 1. The van der Waals surface area contributed by atoms with Gasteiger partial charge in [-0.05, 0) is 43.0 Å². The topological polar surface area (TPSA) is 21.3 Å². The first-order valence-electron chi connectivity index (χ1n) is 5.66. The molecule has 1 N–H and O–H groups in total. The molecule has 2 atom stereocenters. The Hall–Kier alpha value is -1.02. The van der Waals surface area contributed by atoms with Gasteiger partial charge in [-0.15, -0.1) is 0 Å². The molecule has 0 saturated carbocycles. The highest BCUT2D eigenvalue weighted by Crippen LogP contribution is 2.33. The molecule has 15 heavy (non-hydrogen) atoms. The lowest BCUT2D eigenvalue weighted by atomic mass is 9.86. The molecule has 0 aromatic heterocycles. The molecule has 1 aliphatic rings. The van der Waals surface area contributed by atoms with Crippen molar-refractivity contribution in [3.05, 3.63) is 29.8 Å². The van der Waals surface area contributed by atoms with Crippen LogP contribution in [0.3, 0.4) is 0 Å². The van der Waals surface area contributed by atoms with Crippen molar-refractivity contribution >= 4 is 0 Å². The largest absolute Gasteiger partial charge is 0.496 e. The van der Waals surface area contributed by atoms with Crippen LogP contribution in [0.1, 0.15) is 24.8 Å². The third kappa shape index (κ3) is 2.15. The van der Waals surface area contributed by atoms with Crippen LogP contribution in [0.2, 0.25) is 0 Å². The van der Waals surface area contributed by atoms with Gasteiger partial charge in [0.15, 0.2) is 0 Å². The number of para-hydroxylation sites is 1. The standard InChI is InChI=1S/C13H19NO/c1-10(11-7-8-14-9-11)12-5-3-4-6-13(12)15-2/h3-6,10-11,14H,7-9H2,1-2H3. The molecule has 2 rings (SSSR count). The van der Waals surface area contributed by atoms with Crippen molar-refractivity contribution in [1.29, 1.82) is 0 Å². The van der Waals surface area contributed by atoms with Gasteiger partial charge in [0.25, 0.3) is 0 Å². The zero-order valence-corrected chi connectivity index (χ0v) is 9.49. The Kier molecular flexibility index (Phi) is 3.27. The number of methoxy groups -OCH3 is 1. The fraction of sp³-hybridized carbons (Fsp3) is 0.538. The predicted octanol–water partition coefficient (Wildman–Crippen LogP) is 2.41. The van der Waals surface area contributed by atoms with Crippen LogP contribution in [0.5, 0.6) is 5.75 Å². The van der Waals surface area contributed by atoms with E-state index in [0.717, 1.165) is 24.8 Å². The molecule has 1 saturated heterocycles. The van der Waals surface area contributed by atoms with Crippen LogP contribution in [-0.2, 0) is 0 Å². The highest BCUT2D eigenvalue weighted by atomic mass is 16.5. The summed E-state index contributed by atoms with van der Waals surface area (Å²) >= 11 is 0. The van der Waals surface area contributed by atoms with Crippen molar-refractivity contribution < 1.29 is 4.74 Å². The number of rotatable bonds is 3. The summed E-state index contributed by atoms with van der Waals surface area (Å²) in [6.45, 7) is 4.60. The molecular weight excluding hydrogens is 186 g/mol. The molecule has 0 spiro atoms. The molecular formula is C13H19NO. The number of hydrogen-bond donors (Lipinski definition) is 1. The minimum atomic E-state index is 0.580. The molecule has 82 valence electrons. The van der Waals surface area contributed by atoms with Gasteiger partial charge in [0.05, 0.1) is 7.11 Å². The van der Waals surface area contributed by atoms with Gasteiger partial charge in [0.1, 0.15) is 5.75 Å². The van der Waals surface area contributed by atoms with Gasteiger partial charge in [-0.2, -0.15) is 0 Å². The fourth-order valence-corrected chi connectivity index (χ4v) is 2.40. The highest BCUT2D eigenvalue weighted by Gasteiger charge is 2.24. The van der Waals surface area contributed by atoms with Crippen LogP contribution in [0.15, 0.2) is 24.3 Å². The van der Waals surface area contributed by atoms with E-state index in [2.05, 4.69) is 24.4 Å². The molecule has 2 unspecified atom stereocenters. The van der Waals surface area contributed by atoms with E-state index >= 15 is 0 Å². The summed E-state index contributed by atoms with van der Waals surface area (Å²) in [5.41, 5.74) is 1.34. The first kappa shape index (κ1) is 10.5. The normalized spacial score (nSPS) is 22.7. The zero-order valence-electron chi connectivity index (χ0n) is 9.49. The first-order chi connectivity index (χ1) is 7.33. The molecule has 1 aromatic carbocycles. The monoisotopic (exact) mass is 205 g/mol. The smallest absolute Gasteiger partial charge is 0.122 e. The molecule has 2 heteroatoms. The quantitative estimate of drug-likeness (QED) is 0.818.